The fraction of sp³-hybridized carbons (Fsp3) is 1.00. The zero-order chi connectivity index (χ0) is 8.21. The van der Waals surface area contributed by atoms with E-state index >= 15 is 0 Å². The summed E-state index contributed by atoms with van der Waals surface area (Å²) in [5.74, 6) is -2.49. The molecule has 0 spiro atoms. The molecular formula is C8H14F2. The molecule has 1 aliphatic carbocycles. The van der Waals surface area contributed by atoms with E-state index in [1.54, 1.807) is 27.7 Å². The maximum absolute atomic E-state index is 13.1. The molecule has 1 saturated carbocycles. The van der Waals surface area contributed by atoms with Crippen LogP contribution in [0.5, 0.6) is 0 Å². The van der Waals surface area contributed by atoms with Gasteiger partial charge in [0.05, 0.1) is 0 Å². The monoisotopic (exact) mass is 148 g/mol. The summed E-state index contributed by atoms with van der Waals surface area (Å²) in [5.41, 5.74) is -1.56. The van der Waals surface area contributed by atoms with Crippen molar-refractivity contribution in [1.82, 2.24) is 0 Å². The van der Waals surface area contributed by atoms with Crippen molar-refractivity contribution in [2.45, 2.75) is 40.0 Å². The Morgan fingerprint density at radius 3 is 1.20 bits per heavy atom. The molecule has 0 nitrogen and oxygen atoms in total. The molecule has 0 aromatic heterocycles. The lowest BCUT2D eigenvalue weighted by Gasteiger charge is -2.57. The van der Waals surface area contributed by atoms with Gasteiger partial charge in [-0.25, -0.2) is 8.78 Å². The highest BCUT2D eigenvalue weighted by atomic mass is 19.3. The van der Waals surface area contributed by atoms with Gasteiger partial charge in [0, 0.05) is 10.8 Å². The number of alkyl halides is 2. The fourth-order valence-corrected chi connectivity index (χ4v) is 2.14. The van der Waals surface area contributed by atoms with Crippen LogP contribution in [-0.2, 0) is 0 Å². The number of hydrogen-bond acceptors (Lipinski definition) is 0. The van der Waals surface area contributed by atoms with E-state index < -0.39 is 16.8 Å². The first-order valence-corrected chi connectivity index (χ1v) is 3.59. The summed E-state index contributed by atoms with van der Waals surface area (Å²) in [6.45, 7) is 6.49. The Morgan fingerprint density at radius 2 is 1.20 bits per heavy atom. The van der Waals surface area contributed by atoms with Crippen molar-refractivity contribution < 1.29 is 8.78 Å². The van der Waals surface area contributed by atoms with Crippen LogP contribution in [0.4, 0.5) is 8.78 Å². The Balaban J connectivity index is 2.85. The van der Waals surface area contributed by atoms with Crippen molar-refractivity contribution in [2.24, 2.45) is 10.8 Å². The molecule has 1 fully saturated rings. The van der Waals surface area contributed by atoms with Gasteiger partial charge in [0.25, 0.3) is 5.92 Å². The summed E-state index contributed by atoms with van der Waals surface area (Å²) >= 11 is 0. The Kier molecular flexibility index (Phi) is 1.23. The maximum Gasteiger partial charge on any atom is 0.258 e. The molecule has 0 N–H and O–H groups in total. The molecule has 0 aromatic rings. The average Bonchev–Trinajstić information content (AvgIpc) is 1.61. The van der Waals surface area contributed by atoms with Crippen molar-refractivity contribution in [1.29, 1.82) is 0 Å². The second kappa shape index (κ2) is 1.54. The Hall–Kier alpha value is -0.140. The molecule has 60 valence electrons. The van der Waals surface area contributed by atoms with Crippen molar-refractivity contribution >= 4 is 0 Å². The van der Waals surface area contributed by atoms with Gasteiger partial charge >= 0.3 is 0 Å². The second-order valence-electron chi connectivity index (χ2n) is 4.52. The fourth-order valence-electron chi connectivity index (χ4n) is 2.14. The summed E-state index contributed by atoms with van der Waals surface area (Å²) in [6, 6.07) is 0. The number of rotatable bonds is 0. The molecule has 0 aliphatic heterocycles. The van der Waals surface area contributed by atoms with Crippen LogP contribution < -0.4 is 0 Å². The Bertz CT molecular complexity index is 141. The lowest BCUT2D eigenvalue weighted by atomic mass is 9.53. The van der Waals surface area contributed by atoms with Crippen LogP contribution in [0.2, 0.25) is 0 Å². The van der Waals surface area contributed by atoms with Gasteiger partial charge in [0.15, 0.2) is 0 Å². The Labute approximate surface area is 60.6 Å². The second-order valence-corrected chi connectivity index (χ2v) is 4.52. The van der Waals surface area contributed by atoms with Crippen molar-refractivity contribution in [3.8, 4) is 0 Å². The minimum atomic E-state index is -2.49. The van der Waals surface area contributed by atoms with Crippen LogP contribution in [0.1, 0.15) is 34.1 Å². The van der Waals surface area contributed by atoms with E-state index in [0.29, 0.717) is 6.42 Å². The average molecular weight is 148 g/mol. The lowest BCUT2D eigenvalue weighted by Crippen LogP contribution is -2.60. The van der Waals surface area contributed by atoms with Crippen molar-refractivity contribution in [3.05, 3.63) is 0 Å². The van der Waals surface area contributed by atoms with E-state index in [2.05, 4.69) is 0 Å². The predicted octanol–water partition coefficient (Wildman–Crippen LogP) is 3.08. The molecule has 0 bridgehead atoms. The summed E-state index contributed by atoms with van der Waals surface area (Å²) in [6.07, 6.45) is 0.618. The van der Waals surface area contributed by atoms with Crippen molar-refractivity contribution in [2.75, 3.05) is 0 Å². The molecule has 2 heteroatoms. The lowest BCUT2D eigenvalue weighted by molar-refractivity contribution is -0.278. The highest BCUT2D eigenvalue weighted by Gasteiger charge is 2.67. The first-order chi connectivity index (χ1) is 4.21. The van der Waals surface area contributed by atoms with Gasteiger partial charge in [0.1, 0.15) is 0 Å². The first-order valence-electron chi connectivity index (χ1n) is 3.59. The standard InChI is InChI=1S/C8H14F2/c1-6(2)5-7(3,4)8(6,9)10/h5H2,1-4H3. The summed E-state index contributed by atoms with van der Waals surface area (Å²) < 4.78 is 26.2. The van der Waals surface area contributed by atoms with Gasteiger partial charge in [0.2, 0.25) is 0 Å². The van der Waals surface area contributed by atoms with Crippen LogP contribution in [0.25, 0.3) is 0 Å². The van der Waals surface area contributed by atoms with Gasteiger partial charge in [-0.05, 0) is 6.42 Å². The van der Waals surface area contributed by atoms with Crippen LogP contribution >= 0.6 is 0 Å². The number of halogens is 2. The third-order valence-corrected chi connectivity index (χ3v) is 2.58. The SMILES string of the molecule is CC1(C)CC(C)(C)C1(F)F. The highest BCUT2D eigenvalue weighted by Crippen LogP contribution is 2.64. The van der Waals surface area contributed by atoms with Gasteiger partial charge in [-0.2, -0.15) is 0 Å². The normalized spacial score (nSPS) is 33.0. The minimum absolute atomic E-state index is 0.618. The van der Waals surface area contributed by atoms with E-state index in [1.807, 2.05) is 0 Å². The zero-order valence-corrected chi connectivity index (χ0v) is 6.96. The van der Waals surface area contributed by atoms with E-state index in [1.165, 1.54) is 0 Å². The Morgan fingerprint density at radius 1 is 0.900 bits per heavy atom. The molecule has 1 aliphatic rings. The largest absolute Gasteiger partial charge is 0.258 e. The van der Waals surface area contributed by atoms with Crippen LogP contribution in [-0.4, -0.2) is 5.92 Å². The summed E-state index contributed by atoms with van der Waals surface area (Å²) in [5, 5.41) is 0. The van der Waals surface area contributed by atoms with Gasteiger partial charge in [-0.15, -0.1) is 0 Å². The molecular weight excluding hydrogens is 134 g/mol. The molecule has 0 heterocycles. The summed E-state index contributed by atoms with van der Waals surface area (Å²) in [7, 11) is 0. The van der Waals surface area contributed by atoms with Crippen LogP contribution in [0.15, 0.2) is 0 Å². The first kappa shape index (κ1) is 7.96. The van der Waals surface area contributed by atoms with Gasteiger partial charge in [-0.3, -0.25) is 0 Å². The minimum Gasteiger partial charge on any atom is -0.206 e. The molecule has 0 saturated heterocycles. The quantitative estimate of drug-likeness (QED) is 0.495. The zero-order valence-electron chi connectivity index (χ0n) is 6.96. The number of hydrogen-bond donors (Lipinski definition) is 0. The van der Waals surface area contributed by atoms with E-state index in [0.717, 1.165) is 0 Å². The van der Waals surface area contributed by atoms with E-state index in [4.69, 9.17) is 0 Å². The smallest absolute Gasteiger partial charge is 0.206 e. The van der Waals surface area contributed by atoms with E-state index in [9.17, 15) is 8.78 Å². The van der Waals surface area contributed by atoms with Gasteiger partial charge in [-0.1, -0.05) is 27.7 Å². The molecule has 1 rings (SSSR count). The van der Waals surface area contributed by atoms with E-state index in [-0.39, 0.29) is 0 Å². The highest BCUT2D eigenvalue weighted by molar-refractivity contribution is 5.08. The molecule has 0 amide bonds. The topological polar surface area (TPSA) is 0 Å². The maximum atomic E-state index is 13.1. The van der Waals surface area contributed by atoms with Crippen LogP contribution in [0, 0.1) is 10.8 Å². The summed E-state index contributed by atoms with van der Waals surface area (Å²) in [4.78, 5) is 0. The molecule has 0 aromatic carbocycles. The third kappa shape index (κ3) is 0.650. The van der Waals surface area contributed by atoms with Crippen LogP contribution in [0.3, 0.4) is 0 Å². The predicted molar refractivity (Wildman–Crippen MR) is 37.1 cm³/mol. The molecule has 10 heavy (non-hydrogen) atoms. The third-order valence-electron chi connectivity index (χ3n) is 2.58. The van der Waals surface area contributed by atoms with Crippen molar-refractivity contribution in [3.63, 3.8) is 0 Å². The molecule has 0 radical (unpaired) electrons. The van der Waals surface area contributed by atoms with Gasteiger partial charge < -0.3 is 0 Å². The molecule has 0 atom stereocenters. The molecule has 0 unspecified atom stereocenters.